The van der Waals surface area contributed by atoms with Crippen LogP contribution in [-0.2, 0) is 29.9 Å². The van der Waals surface area contributed by atoms with E-state index in [-0.39, 0.29) is 5.84 Å². The Kier molecular flexibility index (Phi) is 8.44. The molecule has 2 aromatic heterocycles. The van der Waals surface area contributed by atoms with Gasteiger partial charge in [0.15, 0.2) is 0 Å². The molecule has 3 aromatic carbocycles. The highest BCUT2D eigenvalue weighted by atomic mass is 32.2. The van der Waals surface area contributed by atoms with Crippen molar-refractivity contribution in [2.24, 2.45) is 12.8 Å². The number of rotatable bonds is 12. The lowest BCUT2D eigenvalue weighted by Crippen LogP contribution is -2.38. The number of benzene rings is 3. The van der Waals surface area contributed by atoms with E-state index in [0.717, 1.165) is 58.4 Å². The lowest BCUT2D eigenvalue weighted by Gasteiger charge is -2.27. The van der Waals surface area contributed by atoms with Crippen LogP contribution >= 0.6 is 11.3 Å². The maximum absolute atomic E-state index is 14.2. The summed E-state index contributed by atoms with van der Waals surface area (Å²) in [5, 5.41) is 10.1. The summed E-state index contributed by atoms with van der Waals surface area (Å²) in [6, 6.07) is 21.1. The quantitative estimate of drug-likeness (QED) is 0.150. The summed E-state index contributed by atoms with van der Waals surface area (Å²) in [5.74, 6) is 0.984. The fourth-order valence-corrected chi connectivity index (χ4v) is 8.08. The molecule has 5 aromatic rings. The largest absolute Gasteiger partial charge is 0.384 e. The maximum Gasteiger partial charge on any atom is 0.265 e. The first-order chi connectivity index (χ1) is 19.7. The van der Waals surface area contributed by atoms with E-state index in [1.807, 2.05) is 73.8 Å². The molecule has 0 saturated carbocycles. The van der Waals surface area contributed by atoms with E-state index < -0.39 is 10.0 Å². The lowest BCUT2D eigenvalue weighted by molar-refractivity contribution is 0.313. The van der Waals surface area contributed by atoms with Gasteiger partial charge in [0.2, 0.25) is 0 Å². The molecule has 0 aliphatic heterocycles. The molecule has 0 spiro atoms. The molecular formula is C31H36N6O2S2. The Morgan fingerprint density at radius 2 is 1.73 bits per heavy atom. The van der Waals surface area contributed by atoms with Gasteiger partial charge in [0.05, 0.1) is 16.7 Å². The molecule has 5 rings (SSSR count). The fourth-order valence-electron chi connectivity index (χ4n) is 5.16. The van der Waals surface area contributed by atoms with Crippen molar-refractivity contribution in [3.8, 4) is 0 Å². The van der Waals surface area contributed by atoms with Crippen LogP contribution in [0.4, 0.5) is 5.69 Å². The van der Waals surface area contributed by atoms with Gasteiger partial charge in [-0.1, -0.05) is 56.3 Å². The Bertz CT molecular complexity index is 1790. The van der Waals surface area contributed by atoms with Crippen LogP contribution in [0.15, 0.2) is 77.0 Å². The number of nitrogen functional groups attached to an aromatic ring is 1. The van der Waals surface area contributed by atoms with Crippen LogP contribution in [0.2, 0.25) is 0 Å². The zero-order valence-corrected chi connectivity index (χ0v) is 25.3. The molecule has 0 amide bonds. The van der Waals surface area contributed by atoms with Crippen LogP contribution in [0.5, 0.6) is 0 Å². The van der Waals surface area contributed by atoms with Crippen molar-refractivity contribution in [2.75, 3.05) is 30.5 Å². The number of imidazole rings is 1. The van der Waals surface area contributed by atoms with Gasteiger partial charge < -0.3 is 15.2 Å². The molecule has 0 saturated heterocycles. The van der Waals surface area contributed by atoms with E-state index in [9.17, 15) is 8.42 Å². The summed E-state index contributed by atoms with van der Waals surface area (Å²) >= 11 is 1.45. The normalized spacial score (nSPS) is 12.0. The lowest BCUT2D eigenvalue weighted by atomic mass is 10.1. The first-order valence-electron chi connectivity index (χ1n) is 13.8. The Balaban J connectivity index is 1.47. The smallest absolute Gasteiger partial charge is 0.265 e. The summed E-state index contributed by atoms with van der Waals surface area (Å²) in [5.41, 5.74) is 9.77. The highest BCUT2D eigenvalue weighted by Gasteiger charge is 2.28. The molecule has 0 aliphatic rings. The van der Waals surface area contributed by atoms with E-state index in [4.69, 9.17) is 16.1 Å². The van der Waals surface area contributed by atoms with Crippen LogP contribution in [0.3, 0.4) is 0 Å². The number of nitrogens with one attached hydrogen (secondary N) is 1. The third-order valence-electron chi connectivity index (χ3n) is 7.67. The minimum atomic E-state index is -3.82. The summed E-state index contributed by atoms with van der Waals surface area (Å²) in [4.78, 5) is 7.49. The number of aryl methyl sites for hydroxylation is 3. The van der Waals surface area contributed by atoms with Crippen LogP contribution in [0.1, 0.15) is 30.8 Å². The molecule has 8 nitrogen and oxygen atoms in total. The van der Waals surface area contributed by atoms with Crippen molar-refractivity contribution >= 4 is 54.0 Å². The second kappa shape index (κ2) is 12.0. The zero-order chi connectivity index (χ0) is 29.1. The summed E-state index contributed by atoms with van der Waals surface area (Å²) in [6.45, 7) is 6.86. The molecule has 0 atom stereocenters. The Labute approximate surface area is 245 Å². The highest BCUT2D eigenvalue weighted by molar-refractivity contribution is 7.93. The third-order valence-corrected chi connectivity index (χ3v) is 10.7. The van der Waals surface area contributed by atoms with Crippen molar-refractivity contribution in [2.45, 2.75) is 31.6 Å². The molecule has 0 radical (unpaired) electrons. The number of thiophene rings is 1. The third kappa shape index (κ3) is 5.86. The SMILES string of the molecule is CCN(CC)CCN(c1ccc2c(c1)nc(CCc1ccc(C(=N)N)cc1)n2C)S(=O)(=O)c1csc2ccccc12. The van der Waals surface area contributed by atoms with Crippen molar-refractivity contribution < 1.29 is 8.42 Å². The number of hydrogen-bond donors (Lipinski definition) is 2. The maximum atomic E-state index is 14.2. The Morgan fingerprint density at radius 3 is 2.44 bits per heavy atom. The Morgan fingerprint density at radius 1 is 1.00 bits per heavy atom. The van der Waals surface area contributed by atoms with Crippen molar-refractivity contribution in [1.29, 1.82) is 5.41 Å². The van der Waals surface area contributed by atoms with E-state index in [2.05, 4.69) is 23.3 Å². The molecule has 41 heavy (non-hydrogen) atoms. The van der Waals surface area contributed by atoms with Gasteiger partial charge in [-0.15, -0.1) is 11.3 Å². The van der Waals surface area contributed by atoms with Crippen molar-refractivity contribution in [1.82, 2.24) is 14.5 Å². The molecular weight excluding hydrogens is 553 g/mol. The van der Waals surface area contributed by atoms with Crippen molar-refractivity contribution in [3.05, 3.63) is 89.1 Å². The molecule has 214 valence electrons. The van der Waals surface area contributed by atoms with E-state index in [1.54, 1.807) is 9.69 Å². The van der Waals surface area contributed by atoms with Crippen LogP contribution in [-0.4, -0.2) is 54.9 Å². The molecule has 2 heterocycles. The second-order valence-corrected chi connectivity index (χ2v) is 12.8. The molecule has 0 unspecified atom stereocenters. The average molecular weight is 589 g/mol. The number of aromatic nitrogens is 2. The van der Waals surface area contributed by atoms with Gasteiger partial charge in [-0.25, -0.2) is 13.4 Å². The predicted molar refractivity (Wildman–Crippen MR) is 170 cm³/mol. The first kappa shape index (κ1) is 28.8. The average Bonchev–Trinajstić information content (AvgIpc) is 3.55. The topological polar surface area (TPSA) is 108 Å². The number of nitrogens with zero attached hydrogens (tertiary/aromatic N) is 4. The standard InChI is InChI=1S/C31H36N6O2S2/c1-4-36(5-2)18-19-37(41(38,39)29-21-40-28-9-7-6-8-25(28)29)24-15-16-27-26(20-24)34-30(35(27)3)17-12-22-10-13-23(14-11-22)31(32)33/h6-11,13-16,20-21H,4-5,12,17-19H2,1-3H3,(H3,32,33). The number of hydrogen-bond acceptors (Lipinski definition) is 6. The Hall–Kier alpha value is -3.73. The van der Waals surface area contributed by atoms with Gasteiger partial charge in [0, 0.05) is 47.6 Å². The zero-order valence-electron chi connectivity index (χ0n) is 23.7. The van der Waals surface area contributed by atoms with Gasteiger partial charge in [0.25, 0.3) is 10.0 Å². The van der Waals surface area contributed by atoms with Crippen molar-refractivity contribution in [3.63, 3.8) is 0 Å². The van der Waals surface area contributed by atoms with Crippen LogP contribution in [0, 0.1) is 5.41 Å². The minimum Gasteiger partial charge on any atom is -0.384 e. The molecule has 0 fully saturated rings. The van der Waals surface area contributed by atoms with Crippen LogP contribution < -0.4 is 10.0 Å². The number of anilines is 1. The predicted octanol–water partition coefficient (Wildman–Crippen LogP) is 5.39. The molecule has 0 bridgehead atoms. The highest BCUT2D eigenvalue weighted by Crippen LogP contribution is 2.34. The van der Waals surface area contributed by atoms with Gasteiger partial charge >= 0.3 is 0 Å². The summed E-state index contributed by atoms with van der Waals surface area (Å²) < 4.78 is 33.0. The molecule has 3 N–H and O–H groups in total. The number of fused-ring (bicyclic) bond motifs is 2. The number of sulfonamides is 1. The van der Waals surface area contributed by atoms with Gasteiger partial charge in [-0.2, -0.15) is 0 Å². The summed E-state index contributed by atoms with van der Waals surface area (Å²) in [7, 11) is -1.82. The minimum absolute atomic E-state index is 0.0584. The van der Waals surface area contributed by atoms with E-state index in [1.165, 1.54) is 11.3 Å². The van der Waals surface area contributed by atoms with Gasteiger partial charge in [0.1, 0.15) is 16.6 Å². The van der Waals surface area contributed by atoms with Gasteiger partial charge in [-0.3, -0.25) is 9.71 Å². The number of amidine groups is 1. The number of likely N-dealkylation sites (N-methyl/N-ethyl adjacent to an activating group) is 1. The van der Waals surface area contributed by atoms with E-state index >= 15 is 0 Å². The molecule has 0 aliphatic carbocycles. The second-order valence-electron chi connectivity index (χ2n) is 10.1. The fraction of sp³-hybridized carbons (Fsp3) is 0.290. The van der Waals surface area contributed by atoms with E-state index in [0.29, 0.717) is 29.2 Å². The molecule has 10 heteroatoms. The summed E-state index contributed by atoms with van der Waals surface area (Å²) in [6.07, 6.45) is 1.52. The monoisotopic (exact) mass is 588 g/mol. The first-order valence-corrected chi connectivity index (χ1v) is 16.1. The van der Waals surface area contributed by atoms with Gasteiger partial charge in [-0.05, 0) is 49.3 Å². The van der Waals surface area contributed by atoms with Crippen LogP contribution in [0.25, 0.3) is 21.1 Å². The number of nitrogens with two attached hydrogens (primary N) is 1.